The summed E-state index contributed by atoms with van der Waals surface area (Å²) in [7, 11) is 0. The van der Waals surface area contributed by atoms with E-state index in [1.54, 1.807) is 0 Å². The van der Waals surface area contributed by atoms with Gasteiger partial charge in [0.1, 0.15) is 0 Å². The van der Waals surface area contributed by atoms with Gasteiger partial charge < -0.3 is 4.98 Å². The molecule has 7 rings (SSSR count). The van der Waals surface area contributed by atoms with E-state index in [1.807, 2.05) is 0 Å². The molecule has 32 heavy (non-hydrogen) atoms. The van der Waals surface area contributed by atoms with Gasteiger partial charge in [0.15, 0.2) is 0 Å². The molecule has 0 spiro atoms. The van der Waals surface area contributed by atoms with Gasteiger partial charge in [-0.2, -0.15) is 0 Å². The average molecular weight is 410 g/mol. The van der Waals surface area contributed by atoms with Crippen molar-refractivity contribution in [3.63, 3.8) is 0 Å². The highest BCUT2D eigenvalue weighted by Gasteiger charge is 2.36. The minimum absolute atomic E-state index is 0.00643. The first-order valence-electron chi connectivity index (χ1n) is 11.3. The zero-order valence-electron chi connectivity index (χ0n) is 18.2. The van der Waals surface area contributed by atoms with Crippen LogP contribution < -0.4 is 0 Å². The molecule has 152 valence electrons. The van der Waals surface area contributed by atoms with Crippen molar-refractivity contribution in [2.75, 3.05) is 0 Å². The van der Waals surface area contributed by atoms with Crippen molar-refractivity contribution in [1.82, 2.24) is 4.98 Å². The molecule has 1 N–H and O–H groups in total. The van der Waals surface area contributed by atoms with E-state index in [0.717, 1.165) is 0 Å². The maximum absolute atomic E-state index is 3.77. The smallest absolute Gasteiger partial charge is 0.0544 e. The Bertz CT molecular complexity index is 1700. The Morgan fingerprint density at radius 2 is 1.25 bits per heavy atom. The summed E-state index contributed by atoms with van der Waals surface area (Å²) in [5, 5.41) is 5.19. The predicted molar refractivity (Wildman–Crippen MR) is 136 cm³/mol. The van der Waals surface area contributed by atoms with Gasteiger partial charge in [-0.05, 0) is 44.7 Å². The molecule has 0 bridgehead atoms. The van der Waals surface area contributed by atoms with Crippen LogP contribution in [0.5, 0.6) is 0 Å². The molecular weight excluding hydrogens is 386 g/mol. The molecule has 0 radical (unpaired) electrons. The van der Waals surface area contributed by atoms with E-state index in [1.165, 1.54) is 66.0 Å². The molecule has 0 aliphatic heterocycles. The van der Waals surface area contributed by atoms with Crippen LogP contribution in [0.4, 0.5) is 0 Å². The van der Waals surface area contributed by atoms with Crippen molar-refractivity contribution in [3.8, 4) is 22.3 Å². The van der Waals surface area contributed by atoms with Crippen LogP contribution in [0.2, 0.25) is 0 Å². The molecule has 0 atom stereocenters. The van der Waals surface area contributed by atoms with Gasteiger partial charge >= 0.3 is 0 Å². The second-order valence-corrected chi connectivity index (χ2v) is 9.46. The lowest BCUT2D eigenvalue weighted by Gasteiger charge is -2.21. The van der Waals surface area contributed by atoms with Gasteiger partial charge in [-0.25, -0.2) is 0 Å². The number of H-pyrrole nitrogens is 1. The Balaban J connectivity index is 1.60. The molecule has 1 heteroatoms. The summed E-state index contributed by atoms with van der Waals surface area (Å²) >= 11 is 0. The Labute approximate surface area is 187 Å². The standard InChI is InChI=1S/C31H23N/c1-31(2)25-15-6-5-11-23(25)28-21(12-8-16-26(28)31)22-13-7-14-24-29-20-10-4-3-9-19(20)17-18-27(29)32-30(22)24/h3-18,32H,1-2H3. The largest absolute Gasteiger partial charge is 0.354 e. The lowest BCUT2D eigenvalue weighted by molar-refractivity contribution is 0.660. The average Bonchev–Trinajstić information content (AvgIpc) is 3.33. The van der Waals surface area contributed by atoms with Crippen molar-refractivity contribution in [3.05, 3.63) is 108 Å². The van der Waals surface area contributed by atoms with E-state index in [9.17, 15) is 0 Å². The fraction of sp³-hybridized carbons (Fsp3) is 0.0968. The molecule has 6 aromatic rings. The van der Waals surface area contributed by atoms with Crippen LogP contribution in [0.25, 0.3) is 54.8 Å². The summed E-state index contributed by atoms with van der Waals surface area (Å²) in [5.41, 5.74) is 10.6. The zero-order valence-corrected chi connectivity index (χ0v) is 18.2. The maximum Gasteiger partial charge on any atom is 0.0544 e. The number of fused-ring (bicyclic) bond motifs is 8. The topological polar surface area (TPSA) is 15.8 Å². The molecule has 0 fully saturated rings. The molecule has 1 aliphatic rings. The van der Waals surface area contributed by atoms with E-state index in [4.69, 9.17) is 0 Å². The number of aromatic nitrogens is 1. The van der Waals surface area contributed by atoms with Crippen LogP contribution >= 0.6 is 0 Å². The summed E-state index contributed by atoms with van der Waals surface area (Å²) in [5.74, 6) is 0. The van der Waals surface area contributed by atoms with Crippen LogP contribution in [0.3, 0.4) is 0 Å². The highest BCUT2D eigenvalue weighted by atomic mass is 14.7. The SMILES string of the molecule is CC1(C)c2ccccc2-c2c(-c3cccc4c3[nH]c3ccc5ccccc5c34)cccc21. The second-order valence-electron chi connectivity index (χ2n) is 9.46. The summed E-state index contributed by atoms with van der Waals surface area (Å²) in [6.07, 6.45) is 0. The van der Waals surface area contributed by atoms with E-state index in [0.29, 0.717) is 0 Å². The number of hydrogen-bond acceptors (Lipinski definition) is 0. The number of para-hydroxylation sites is 1. The zero-order chi connectivity index (χ0) is 21.4. The maximum atomic E-state index is 3.77. The molecule has 1 nitrogen and oxygen atoms in total. The van der Waals surface area contributed by atoms with E-state index in [2.05, 4.69) is 116 Å². The van der Waals surface area contributed by atoms with Crippen LogP contribution in [0.15, 0.2) is 97.1 Å². The van der Waals surface area contributed by atoms with Gasteiger partial charge in [0, 0.05) is 27.3 Å². The first kappa shape index (κ1) is 17.8. The summed E-state index contributed by atoms with van der Waals surface area (Å²) < 4.78 is 0. The van der Waals surface area contributed by atoms with Crippen molar-refractivity contribution in [2.24, 2.45) is 0 Å². The highest BCUT2D eigenvalue weighted by molar-refractivity contribution is 6.22. The van der Waals surface area contributed by atoms with Crippen molar-refractivity contribution in [2.45, 2.75) is 19.3 Å². The fourth-order valence-corrected chi connectivity index (χ4v) is 5.90. The Kier molecular flexibility index (Phi) is 3.40. The minimum atomic E-state index is 0.00643. The Hall–Kier alpha value is -3.84. The molecule has 0 saturated carbocycles. The van der Waals surface area contributed by atoms with Crippen LogP contribution in [-0.4, -0.2) is 4.98 Å². The molecule has 1 aliphatic carbocycles. The first-order valence-corrected chi connectivity index (χ1v) is 11.3. The van der Waals surface area contributed by atoms with Gasteiger partial charge in [-0.1, -0.05) is 105 Å². The van der Waals surface area contributed by atoms with Crippen molar-refractivity contribution >= 4 is 32.6 Å². The number of benzene rings is 5. The first-order chi connectivity index (χ1) is 15.6. The summed E-state index contributed by atoms with van der Waals surface area (Å²) in [4.78, 5) is 3.77. The van der Waals surface area contributed by atoms with Crippen LogP contribution in [0, 0.1) is 0 Å². The number of aromatic amines is 1. The molecule has 0 amide bonds. The third-order valence-electron chi connectivity index (χ3n) is 7.42. The third kappa shape index (κ3) is 2.18. The number of hydrogen-bond donors (Lipinski definition) is 1. The van der Waals surface area contributed by atoms with E-state index in [-0.39, 0.29) is 5.41 Å². The molecule has 5 aromatic carbocycles. The molecule has 1 aromatic heterocycles. The van der Waals surface area contributed by atoms with E-state index >= 15 is 0 Å². The van der Waals surface area contributed by atoms with Gasteiger partial charge in [0.05, 0.1) is 5.52 Å². The number of rotatable bonds is 1. The normalized spacial score (nSPS) is 14.2. The predicted octanol–water partition coefficient (Wildman–Crippen LogP) is 8.45. The second kappa shape index (κ2) is 6.11. The third-order valence-corrected chi connectivity index (χ3v) is 7.42. The fourth-order valence-electron chi connectivity index (χ4n) is 5.90. The van der Waals surface area contributed by atoms with Gasteiger partial charge in [0.25, 0.3) is 0 Å². The quantitative estimate of drug-likeness (QED) is 0.280. The molecular formula is C31H23N. The van der Waals surface area contributed by atoms with E-state index < -0.39 is 0 Å². The monoisotopic (exact) mass is 409 g/mol. The van der Waals surface area contributed by atoms with Crippen LogP contribution in [-0.2, 0) is 5.41 Å². The van der Waals surface area contributed by atoms with Crippen LogP contribution in [0.1, 0.15) is 25.0 Å². The molecule has 0 saturated heterocycles. The number of nitrogens with one attached hydrogen (secondary N) is 1. The van der Waals surface area contributed by atoms with Crippen molar-refractivity contribution < 1.29 is 0 Å². The summed E-state index contributed by atoms with van der Waals surface area (Å²) in [6.45, 7) is 4.69. The van der Waals surface area contributed by atoms with Gasteiger partial charge in [-0.3, -0.25) is 0 Å². The lowest BCUT2D eigenvalue weighted by Crippen LogP contribution is -2.14. The Morgan fingerprint density at radius 1 is 0.562 bits per heavy atom. The lowest BCUT2D eigenvalue weighted by atomic mass is 9.82. The minimum Gasteiger partial charge on any atom is -0.354 e. The highest BCUT2D eigenvalue weighted by Crippen LogP contribution is 2.52. The summed E-state index contributed by atoms with van der Waals surface area (Å²) in [6, 6.07) is 35.5. The van der Waals surface area contributed by atoms with Gasteiger partial charge in [0.2, 0.25) is 0 Å². The molecule has 1 heterocycles. The van der Waals surface area contributed by atoms with Gasteiger partial charge in [-0.15, -0.1) is 0 Å². The van der Waals surface area contributed by atoms with Crippen molar-refractivity contribution in [1.29, 1.82) is 0 Å². The Morgan fingerprint density at radius 3 is 2.19 bits per heavy atom. The molecule has 0 unspecified atom stereocenters.